The highest BCUT2D eigenvalue weighted by atomic mass is 32.1. The molecular formula is C19H22N2O2S. The van der Waals surface area contributed by atoms with Crippen molar-refractivity contribution in [1.82, 2.24) is 10.3 Å². The summed E-state index contributed by atoms with van der Waals surface area (Å²) in [5.41, 5.74) is 2.60. The highest BCUT2D eigenvalue weighted by Gasteiger charge is 2.30. The summed E-state index contributed by atoms with van der Waals surface area (Å²) in [5.74, 6) is -0.146. The Hall–Kier alpha value is -2.01. The number of rotatable bonds is 3. The Morgan fingerprint density at radius 2 is 2.08 bits per heavy atom. The zero-order valence-corrected chi connectivity index (χ0v) is 15.1. The number of Topliss-reactive ketones (excluding diaryl/α,β-unsaturated/α-hetero) is 1. The number of amides is 1. The summed E-state index contributed by atoms with van der Waals surface area (Å²) in [7, 11) is 0. The quantitative estimate of drug-likeness (QED) is 0.922. The normalized spacial score (nSPS) is 17.5. The van der Waals surface area contributed by atoms with Crippen molar-refractivity contribution in [1.29, 1.82) is 0 Å². The van der Waals surface area contributed by atoms with Crippen LogP contribution >= 0.6 is 11.3 Å². The van der Waals surface area contributed by atoms with Gasteiger partial charge in [-0.15, -0.1) is 11.3 Å². The van der Waals surface area contributed by atoms with Crippen LogP contribution in [0.1, 0.15) is 66.2 Å². The first-order chi connectivity index (χ1) is 11.4. The molecule has 1 N–H and O–H groups in total. The summed E-state index contributed by atoms with van der Waals surface area (Å²) in [4.78, 5) is 29.2. The summed E-state index contributed by atoms with van der Waals surface area (Å²) < 4.78 is 0. The Kier molecular flexibility index (Phi) is 4.54. The SMILES string of the molecule is CC(C)(C)c1csc(CNC(=O)C2CCC(=O)c3ccccc32)n1. The largest absolute Gasteiger partial charge is 0.349 e. The molecule has 0 bridgehead atoms. The minimum absolute atomic E-state index is 0.0153. The standard InChI is InChI=1S/C19H22N2O2S/c1-19(2,3)16-11-24-17(21-16)10-20-18(23)14-8-9-15(22)13-7-5-4-6-12(13)14/h4-7,11,14H,8-10H2,1-3H3,(H,20,23). The molecule has 1 unspecified atom stereocenters. The maximum atomic E-state index is 12.6. The third-order valence-electron chi connectivity index (χ3n) is 4.35. The molecule has 0 fully saturated rings. The summed E-state index contributed by atoms with van der Waals surface area (Å²) in [6, 6.07) is 7.43. The van der Waals surface area contributed by atoms with Crippen molar-refractivity contribution in [2.75, 3.05) is 0 Å². The fourth-order valence-electron chi connectivity index (χ4n) is 2.92. The second kappa shape index (κ2) is 6.48. The molecule has 1 heterocycles. The summed E-state index contributed by atoms with van der Waals surface area (Å²) in [5, 5.41) is 5.95. The van der Waals surface area contributed by atoms with Crippen LogP contribution in [0, 0.1) is 0 Å². The van der Waals surface area contributed by atoms with Gasteiger partial charge in [0, 0.05) is 22.8 Å². The van der Waals surface area contributed by atoms with Crippen molar-refractivity contribution >= 4 is 23.0 Å². The van der Waals surface area contributed by atoms with Crippen LogP contribution in [0.5, 0.6) is 0 Å². The molecule has 24 heavy (non-hydrogen) atoms. The number of nitrogens with zero attached hydrogens (tertiary/aromatic N) is 1. The van der Waals surface area contributed by atoms with Gasteiger partial charge in [-0.1, -0.05) is 45.0 Å². The molecule has 5 heteroatoms. The lowest BCUT2D eigenvalue weighted by Gasteiger charge is -2.23. The monoisotopic (exact) mass is 342 g/mol. The molecule has 4 nitrogen and oxygen atoms in total. The molecule has 1 atom stereocenters. The molecule has 0 spiro atoms. The number of hydrogen-bond acceptors (Lipinski definition) is 4. The van der Waals surface area contributed by atoms with Crippen LogP contribution in [0.3, 0.4) is 0 Å². The second-order valence-corrected chi connectivity index (χ2v) is 8.14. The third kappa shape index (κ3) is 3.41. The van der Waals surface area contributed by atoms with Crippen LogP contribution in [0.2, 0.25) is 0 Å². The second-order valence-electron chi connectivity index (χ2n) is 7.20. The van der Waals surface area contributed by atoms with Gasteiger partial charge in [0.2, 0.25) is 5.91 Å². The van der Waals surface area contributed by atoms with Crippen molar-refractivity contribution in [2.45, 2.75) is 51.5 Å². The number of hydrogen-bond donors (Lipinski definition) is 1. The summed E-state index contributed by atoms with van der Waals surface area (Å²) in [6.07, 6.45) is 1.01. The lowest BCUT2D eigenvalue weighted by molar-refractivity contribution is -0.122. The highest BCUT2D eigenvalue weighted by molar-refractivity contribution is 7.09. The van der Waals surface area contributed by atoms with Gasteiger partial charge in [0.25, 0.3) is 0 Å². The molecule has 0 radical (unpaired) electrons. The van der Waals surface area contributed by atoms with Gasteiger partial charge < -0.3 is 5.32 Å². The van der Waals surface area contributed by atoms with Gasteiger partial charge in [0.05, 0.1) is 18.2 Å². The Bertz CT molecular complexity index is 774. The molecule has 0 saturated carbocycles. The third-order valence-corrected chi connectivity index (χ3v) is 5.20. The van der Waals surface area contributed by atoms with E-state index in [1.54, 1.807) is 11.3 Å². The van der Waals surface area contributed by atoms with E-state index in [1.165, 1.54) is 0 Å². The average Bonchev–Trinajstić information content (AvgIpc) is 3.02. The van der Waals surface area contributed by atoms with Gasteiger partial charge in [-0.2, -0.15) is 0 Å². The van der Waals surface area contributed by atoms with Gasteiger partial charge in [-0.05, 0) is 12.0 Å². The van der Waals surface area contributed by atoms with E-state index in [0.29, 0.717) is 24.9 Å². The fourth-order valence-corrected chi connectivity index (χ4v) is 3.88. The maximum absolute atomic E-state index is 12.6. The molecule has 1 aromatic heterocycles. The lowest BCUT2D eigenvalue weighted by atomic mass is 9.81. The number of nitrogens with one attached hydrogen (secondary N) is 1. The number of carbonyl (C=O) groups is 2. The Morgan fingerprint density at radius 1 is 1.33 bits per heavy atom. The van der Waals surface area contributed by atoms with E-state index in [-0.39, 0.29) is 23.0 Å². The van der Waals surface area contributed by atoms with E-state index in [4.69, 9.17) is 0 Å². The van der Waals surface area contributed by atoms with Crippen LogP contribution in [-0.4, -0.2) is 16.7 Å². The van der Waals surface area contributed by atoms with Crippen molar-refractivity contribution in [3.8, 4) is 0 Å². The first-order valence-electron chi connectivity index (χ1n) is 8.21. The average molecular weight is 342 g/mol. The molecule has 1 aromatic carbocycles. The zero-order valence-electron chi connectivity index (χ0n) is 14.3. The topological polar surface area (TPSA) is 59.1 Å². The molecule has 126 valence electrons. The molecule has 0 saturated heterocycles. The Labute approximate surface area is 146 Å². The van der Waals surface area contributed by atoms with E-state index in [0.717, 1.165) is 16.3 Å². The molecule has 1 aliphatic rings. The van der Waals surface area contributed by atoms with E-state index >= 15 is 0 Å². The van der Waals surface area contributed by atoms with Crippen LogP contribution in [0.25, 0.3) is 0 Å². The van der Waals surface area contributed by atoms with Gasteiger partial charge in [0.15, 0.2) is 5.78 Å². The molecule has 0 aliphatic heterocycles. The lowest BCUT2D eigenvalue weighted by Crippen LogP contribution is -2.32. The van der Waals surface area contributed by atoms with E-state index in [9.17, 15) is 9.59 Å². The number of benzene rings is 1. The number of thiazole rings is 1. The number of aromatic nitrogens is 1. The Balaban J connectivity index is 1.69. The minimum Gasteiger partial charge on any atom is -0.349 e. The van der Waals surface area contributed by atoms with Gasteiger partial charge in [-0.3, -0.25) is 9.59 Å². The van der Waals surface area contributed by atoms with Crippen molar-refractivity contribution < 1.29 is 9.59 Å². The fraction of sp³-hybridized carbons (Fsp3) is 0.421. The van der Waals surface area contributed by atoms with Crippen LogP contribution in [0.15, 0.2) is 29.6 Å². The Morgan fingerprint density at radius 3 is 2.79 bits per heavy atom. The number of fused-ring (bicyclic) bond motifs is 1. The van der Waals surface area contributed by atoms with Crippen molar-refractivity contribution in [3.05, 3.63) is 51.5 Å². The van der Waals surface area contributed by atoms with E-state index in [1.807, 2.05) is 24.3 Å². The van der Waals surface area contributed by atoms with Gasteiger partial charge in [0.1, 0.15) is 5.01 Å². The smallest absolute Gasteiger partial charge is 0.227 e. The van der Waals surface area contributed by atoms with Gasteiger partial charge >= 0.3 is 0 Å². The minimum atomic E-state index is -0.249. The van der Waals surface area contributed by atoms with E-state index < -0.39 is 0 Å². The predicted molar refractivity (Wildman–Crippen MR) is 95.4 cm³/mol. The molecular weight excluding hydrogens is 320 g/mol. The summed E-state index contributed by atoms with van der Waals surface area (Å²) >= 11 is 1.57. The molecule has 1 aliphatic carbocycles. The molecule has 1 amide bonds. The first-order valence-corrected chi connectivity index (χ1v) is 9.09. The van der Waals surface area contributed by atoms with Crippen molar-refractivity contribution in [2.24, 2.45) is 0 Å². The van der Waals surface area contributed by atoms with Crippen LogP contribution in [0.4, 0.5) is 0 Å². The number of ketones is 1. The van der Waals surface area contributed by atoms with Crippen molar-refractivity contribution in [3.63, 3.8) is 0 Å². The van der Waals surface area contributed by atoms with E-state index in [2.05, 4.69) is 36.5 Å². The van der Waals surface area contributed by atoms with Crippen LogP contribution < -0.4 is 5.32 Å². The summed E-state index contributed by atoms with van der Waals surface area (Å²) in [6.45, 7) is 6.81. The van der Waals surface area contributed by atoms with Gasteiger partial charge in [-0.25, -0.2) is 4.98 Å². The molecule has 2 aromatic rings. The molecule has 3 rings (SSSR count). The van der Waals surface area contributed by atoms with Crippen LogP contribution in [-0.2, 0) is 16.8 Å². The predicted octanol–water partition coefficient (Wildman–Crippen LogP) is 3.82. The zero-order chi connectivity index (χ0) is 17.3. The number of carbonyl (C=O) groups excluding carboxylic acids is 2. The highest BCUT2D eigenvalue weighted by Crippen LogP contribution is 2.31. The maximum Gasteiger partial charge on any atom is 0.227 e. The first kappa shape index (κ1) is 16.8.